The fourth-order valence-electron chi connectivity index (χ4n) is 5.42. The molecule has 0 aromatic heterocycles. The number of ketones is 1. The SMILES string of the molecule is CC1(C)C(=O)C[C@@H]2N(C(=O)OCc3ccccc3)c3ccccc3[C@@]23CCN=C13. The van der Waals surface area contributed by atoms with Gasteiger partial charge in [-0.05, 0) is 37.5 Å². The van der Waals surface area contributed by atoms with Gasteiger partial charge in [-0.25, -0.2) is 4.79 Å². The first kappa shape index (κ1) is 18.1. The molecule has 5 nitrogen and oxygen atoms in total. The zero-order chi connectivity index (χ0) is 20.2. The number of nitrogens with zero attached hydrogens (tertiary/aromatic N) is 2. The predicted molar refractivity (Wildman–Crippen MR) is 111 cm³/mol. The van der Waals surface area contributed by atoms with E-state index in [0.717, 1.165) is 28.9 Å². The van der Waals surface area contributed by atoms with Crippen LogP contribution in [0.5, 0.6) is 0 Å². The minimum Gasteiger partial charge on any atom is -0.444 e. The molecule has 0 bridgehead atoms. The van der Waals surface area contributed by atoms with Crippen LogP contribution in [-0.4, -0.2) is 30.2 Å². The highest BCUT2D eigenvalue weighted by molar-refractivity contribution is 6.20. The van der Waals surface area contributed by atoms with Gasteiger partial charge >= 0.3 is 6.09 Å². The summed E-state index contributed by atoms with van der Waals surface area (Å²) < 4.78 is 5.69. The molecule has 1 spiro atoms. The average molecular weight is 388 g/mol. The van der Waals surface area contributed by atoms with Gasteiger partial charge in [0.15, 0.2) is 0 Å². The summed E-state index contributed by atoms with van der Waals surface area (Å²) in [5.74, 6) is 0.132. The molecule has 2 aliphatic heterocycles. The summed E-state index contributed by atoms with van der Waals surface area (Å²) in [5, 5.41) is 0. The van der Waals surface area contributed by atoms with E-state index in [1.807, 2.05) is 62.4 Å². The molecular weight excluding hydrogens is 364 g/mol. The molecule has 3 aliphatic rings. The average Bonchev–Trinajstić information content (AvgIpc) is 3.29. The van der Waals surface area contributed by atoms with Crippen molar-refractivity contribution in [3.05, 3.63) is 65.7 Å². The van der Waals surface area contributed by atoms with Crippen LogP contribution in [0.25, 0.3) is 0 Å². The second-order valence-electron chi connectivity index (χ2n) is 8.65. The number of anilines is 1. The van der Waals surface area contributed by atoms with Gasteiger partial charge in [0.2, 0.25) is 0 Å². The summed E-state index contributed by atoms with van der Waals surface area (Å²) in [6.07, 6.45) is 0.742. The van der Waals surface area contributed by atoms with Crippen molar-refractivity contribution in [3.8, 4) is 0 Å². The van der Waals surface area contributed by atoms with Crippen LogP contribution in [0.2, 0.25) is 0 Å². The van der Waals surface area contributed by atoms with E-state index in [4.69, 9.17) is 9.73 Å². The van der Waals surface area contributed by atoms with Gasteiger partial charge in [-0.1, -0.05) is 48.5 Å². The molecule has 5 heteroatoms. The number of para-hydroxylation sites is 1. The van der Waals surface area contributed by atoms with Crippen LogP contribution in [0.3, 0.4) is 0 Å². The van der Waals surface area contributed by atoms with Gasteiger partial charge in [-0.2, -0.15) is 0 Å². The Morgan fingerprint density at radius 1 is 1.14 bits per heavy atom. The van der Waals surface area contributed by atoms with Crippen LogP contribution in [0.4, 0.5) is 10.5 Å². The van der Waals surface area contributed by atoms with Crippen molar-refractivity contribution in [2.45, 2.75) is 44.8 Å². The van der Waals surface area contributed by atoms with Crippen LogP contribution in [0.1, 0.15) is 37.8 Å². The quantitative estimate of drug-likeness (QED) is 0.771. The zero-order valence-corrected chi connectivity index (χ0v) is 16.7. The smallest absolute Gasteiger partial charge is 0.414 e. The van der Waals surface area contributed by atoms with Crippen molar-refractivity contribution in [1.29, 1.82) is 0 Å². The molecule has 0 N–H and O–H groups in total. The van der Waals surface area contributed by atoms with Crippen molar-refractivity contribution >= 4 is 23.3 Å². The first-order valence-electron chi connectivity index (χ1n) is 10.1. The van der Waals surface area contributed by atoms with Gasteiger partial charge < -0.3 is 4.74 Å². The Hall–Kier alpha value is -2.95. The minimum absolute atomic E-state index is 0.132. The molecule has 1 aliphatic carbocycles. The molecule has 0 unspecified atom stereocenters. The molecule has 2 aromatic rings. The third-order valence-corrected chi connectivity index (χ3v) is 6.79. The third-order valence-electron chi connectivity index (χ3n) is 6.79. The van der Waals surface area contributed by atoms with E-state index in [-0.39, 0.29) is 23.8 Å². The normalized spacial score (nSPS) is 26.4. The molecule has 2 heterocycles. The Morgan fingerprint density at radius 2 is 1.86 bits per heavy atom. The number of Topliss-reactive ketones (excluding diaryl/α,β-unsaturated/α-hetero) is 1. The lowest BCUT2D eigenvalue weighted by Crippen LogP contribution is -2.60. The Balaban J connectivity index is 1.55. The number of carbonyl (C=O) groups is 2. The highest BCUT2D eigenvalue weighted by Crippen LogP contribution is 2.57. The fraction of sp³-hybridized carbons (Fsp3) is 0.375. The second-order valence-corrected chi connectivity index (χ2v) is 8.65. The molecule has 1 amide bonds. The van der Waals surface area contributed by atoms with Gasteiger partial charge in [0.25, 0.3) is 0 Å². The molecule has 5 rings (SSSR count). The van der Waals surface area contributed by atoms with E-state index in [2.05, 4.69) is 6.07 Å². The van der Waals surface area contributed by atoms with E-state index >= 15 is 0 Å². The molecule has 2 aromatic carbocycles. The number of hydrogen-bond donors (Lipinski definition) is 0. The topological polar surface area (TPSA) is 59.0 Å². The number of ether oxygens (including phenoxy) is 1. The lowest BCUT2D eigenvalue weighted by atomic mass is 9.57. The molecule has 1 fully saturated rings. The Kier molecular flexibility index (Phi) is 3.92. The van der Waals surface area contributed by atoms with E-state index in [1.54, 1.807) is 4.90 Å². The molecule has 29 heavy (non-hydrogen) atoms. The van der Waals surface area contributed by atoms with Crippen LogP contribution in [0.15, 0.2) is 59.6 Å². The Morgan fingerprint density at radius 3 is 2.66 bits per heavy atom. The van der Waals surface area contributed by atoms with E-state index in [1.165, 1.54) is 0 Å². The predicted octanol–water partition coefficient (Wildman–Crippen LogP) is 4.29. The Bertz CT molecular complexity index is 1030. The first-order valence-corrected chi connectivity index (χ1v) is 10.1. The molecule has 2 atom stereocenters. The maximum absolute atomic E-state index is 13.2. The largest absolute Gasteiger partial charge is 0.444 e. The standard InChI is InChI=1S/C24H24N2O3/c1-23(2)20(27)14-19-24(12-13-25-21(23)24)17-10-6-7-11-18(17)26(19)22(28)29-15-16-8-4-3-5-9-16/h3-11,19H,12-15H2,1-2H3/t19-,24-/m0/s1. The summed E-state index contributed by atoms with van der Waals surface area (Å²) >= 11 is 0. The first-order chi connectivity index (χ1) is 14.0. The van der Waals surface area contributed by atoms with Crippen molar-refractivity contribution in [2.75, 3.05) is 11.4 Å². The molecular formula is C24H24N2O3. The van der Waals surface area contributed by atoms with Gasteiger partial charge in [0.05, 0.1) is 22.6 Å². The van der Waals surface area contributed by atoms with Crippen molar-refractivity contribution in [2.24, 2.45) is 10.4 Å². The summed E-state index contributed by atoms with van der Waals surface area (Å²) in [6.45, 7) is 4.83. The van der Waals surface area contributed by atoms with Crippen molar-refractivity contribution in [1.82, 2.24) is 0 Å². The lowest BCUT2D eigenvalue weighted by molar-refractivity contribution is -0.125. The Labute approximate surface area is 170 Å². The molecule has 148 valence electrons. The summed E-state index contributed by atoms with van der Waals surface area (Å²) in [5.41, 5.74) is 2.81. The highest BCUT2D eigenvalue weighted by atomic mass is 16.6. The minimum atomic E-state index is -0.607. The zero-order valence-electron chi connectivity index (χ0n) is 16.7. The number of hydrogen-bond acceptors (Lipinski definition) is 4. The third kappa shape index (κ3) is 2.43. The van der Waals surface area contributed by atoms with Gasteiger partial charge in [0, 0.05) is 18.7 Å². The second kappa shape index (κ2) is 6.28. The number of rotatable bonds is 2. The van der Waals surface area contributed by atoms with E-state index < -0.39 is 11.5 Å². The number of benzene rings is 2. The van der Waals surface area contributed by atoms with Crippen LogP contribution < -0.4 is 4.90 Å². The van der Waals surface area contributed by atoms with Crippen LogP contribution in [0, 0.1) is 5.41 Å². The number of carbonyl (C=O) groups excluding carboxylic acids is 2. The van der Waals surface area contributed by atoms with E-state index in [0.29, 0.717) is 13.0 Å². The molecule has 0 saturated heterocycles. The lowest BCUT2D eigenvalue weighted by Gasteiger charge is -2.46. The fourth-order valence-corrected chi connectivity index (χ4v) is 5.42. The number of aliphatic imine (C=N–C) groups is 1. The highest BCUT2D eigenvalue weighted by Gasteiger charge is 2.64. The summed E-state index contributed by atoms with van der Waals surface area (Å²) in [7, 11) is 0. The maximum Gasteiger partial charge on any atom is 0.414 e. The van der Waals surface area contributed by atoms with Gasteiger partial charge in [-0.15, -0.1) is 0 Å². The molecule has 0 radical (unpaired) electrons. The number of fused-ring (bicyclic) bond motifs is 1. The van der Waals surface area contributed by atoms with E-state index in [9.17, 15) is 9.59 Å². The molecule has 1 saturated carbocycles. The number of amides is 1. The maximum atomic E-state index is 13.2. The summed E-state index contributed by atoms with van der Waals surface area (Å²) in [6, 6.07) is 17.3. The van der Waals surface area contributed by atoms with Crippen molar-refractivity contribution in [3.63, 3.8) is 0 Å². The monoisotopic (exact) mass is 388 g/mol. The van der Waals surface area contributed by atoms with Crippen molar-refractivity contribution < 1.29 is 14.3 Å². The van der Waals surface area contributed by atoms with Crippen LogP contribution in [-0.2, 0) is 21.6 Å². The van der Waals surface area contributed by atoms with Gasteiger partial charge in [-0.3, -0.25) is 14.7 Å². The van der Waals surface area contributed by atoms with Crippen LogP contribution >= 0.6 is 0 Å². The summed E-state index contributed by atoms with van der Waals surface area (Å²) in [4.78, 5) is 32.8. The van der Waals surface area contributed by atoms with Gasteiger partial charge in [0.1, 0.15) is 12.4 Å².